The van der Waals surface area contributed by atoms with Crippen molar-refractivity contribution >= 4 is 23.4 Å². The Hall–Kier alpha value is -2.84. The Balaban J connectivity index is 1.60. The highest BCUT2D eigenvalue weighted by Gasteiger charge is 2.27. The molecule has 0 unspecified atom stereocenters. The average molecular weight is 484 g/mol. The molecule has 0 radical (unpaired) electrons. The summed E-state index contributed by atoms with van der Waals surface area (Å²) in [5.41, 5.74) is 9.47. The van der Waals surface area contributed by atoms with Crippen molar-refractivity contribution in [3.63, 3.8) is 0 Å². The first-order chi connectivity index (χ1) is 16.5. The van der Waals surface area contributed by atoms with E-state index in [0.717, 1.165) is 54.1 Å². The summed E-state index contributed by atoms with van der Waals surface area (Å²) < 4.78 is 22.3. The quantitative estimate of drug-likeness (QED) is 0.306. The van der Waals surface area contributed by atoms with Gasteiger partial charge in [0.05, 0.1) is 6.61 Å². The number of carbonyl (C=O) groups is 1. The summed E-state index contributed by atoms with van der Waals surface area (Å²) in [4.78, 5) is 10.7. The fraction of sp³-hybridized carbons (Fsp3) is 0.385. The molecule has 1 aliphatic rings. The Morgan fingerprint density at radius 3 is 2.56 bits per heavy atom. The number of aromatic nitrogens is 2. The number of nitrogen functional groups attached to an aromatic ring is 1. The van der Waals surface area contributed by atoms with E-state index < -0.39 is 5.97 Å². The molecule has 0 bridgehead atoms. The Morgan fingerprint density at radius 2 is 1.88 bits per heavy atom. The van der Waals surface area contributed by atoms with E-state index in [0.29, 0.717) is 29.7 Å². The van der Waals surface area contributed by atoms with E-state index in [1.54, 1.807) is 23.9 Å². The van der Waals surface area contributed by atoms with Crippen LogP contribution in [0, 0.1) is 17.7 Å². The second-order valence-corrected chi connectivity index (χ2v) is 9.61. The van der Waals surface area contributed by atoms with Crippen molar-refractivity contribution < 1.29 is 19.0 Å². The molecule has 1 saturated carbocycles. The van der Waals surface area contributed by atoms with Gasteiger partial charge in [-0.3, -0.25) is 4.68 Å². The number of hydrogen-bond donors (Lipinski definition) is 2. The van der Waals surface area contributed by atoms with Crippen LogP contribution in [0.15, 0.2) is 53.6 Å². The number of aliphatic carboxylic acids is 1. The first kappa shape index (κ1) is 24.3. The number of rotatable bonds is 9. The number of nitrogens with zero attached hydrogens (tertiary/aromatic N) is 2. The Labute approximate surface area is 203 Å². The van der Waals surface area contributed by atoms with Gasteiger partial charge in [0.25, 0.3) is 0 Å². The zero-order valence-electron chi connectivity index (χ0n) is 19.2. The molecule has 1 aliphatic carbocycles. The molecule has 3 aromatic rings. The van der Waals surface area contributed by atoms with Crippen molar-refractivity contribution in [1.82, 2.24) is 9.78 Å². The first-order valence-electron chi connectivity index (χ1n) is 11.5. The molecule has 1 heterocycles. The Bertz CT molecular complexity index is 1130. The van der Waals surface area contributed by atoms with Crippen molar-refractivity contribution in [2.75, 3.05) is 25.2 Å². The normalized spacial score (nSPS) is 18.2. The maximum Gasteiger partial charge on any atom is 0.329 e. The van der Waals surface area contributed by atoms with Gasteiger partial charge in [0.15, 0.2) is 0 Å². The van der Waals surface area contributed by atoms with E-state index in [9.17, 15) is 9.18 Å². The molecule has 34 heavy (non-hydrogen) atoms. The monoisotopic (exact) mass is 483 g/mol. The predicted octanol–water partition coefficient (Wildman–Crippen LogP) is 5.57. The van der Waals surface area contributed by atoms with E-state index in [1.807, 2.05) is 41.3 Å². The van der Waals surface area contributed by atoms with Gasteiger partial charge in [0, 0.05) is 28.9 Å². The van der Waals surface area contributed by atoms with Gasteiger partial charge in [-0.05, 0) is 62.0 Å². The minimum Gasteiger partial charge on any atom is -0.480 e. The van der Waals surface area contributed by atoms with Crippen LogP contribution < -0.4 is 5.73 Å². The molecular weight excluding hydrogens is 453 g/mol. The summed E-state index contributed by atoms with van der Waals surface area (Å²) in [6, 6.07) is 14.5. The van der Waals surface area contributed by atoms with E-state index in [-0.39, 0.29) is 12.4 Å². The van der Waals surface area contributed by atoms with Gasteiger partial charge < -0.3 is 15.6 Å². The minimum atomic E-state index is -0.932. The lowest BCUT2D eigenvalue weighted by molar-refractivity contribution is -0.142. The fourth-order valence-electron chi connectivity index (χ4n) is 4.69. The highest BCUT2D eigenvalue weighted by atomic mass is 32.2. The van der Waals surface area contributed by atoms with E-state index in [2.05, 4.69) is 0 Å². The molecule has 180 valence electrons. The highest BCUT2D eigenvalue weighted by molar-refractivity contribution is 7.98. The summed E-state index contributed by atoms with van der Waals surface area (Å²) in [7, 11) is 0. The zero-order chi connectivity index (χ0) is 24.1. The molecule has 3 N–H and O–H groups in total. The van der Waals surface area contributed by atoms with Crippen LogP contribution in [0.2, 0.25) is 0 Å². The molecule has 0 amide bonds. The smallest absolute Gasteiger partial charge is 0.329 e. The van der Waals surface area contributed by atoms with Crippen molar-refractivity contribution in [3.05, 3.63) is 54.3 Å². The van der Waals surface area contributed by atoms with Gasteiger partial charge in [-0.2, -0.15) is 5.10 Å². The van der Waals surface area contributed by atoms with E-state index >= 15 is 0 Å². The maximum atomic E-state index is 15.0. The van der Waals surface area contributed by atoms with Crippen molar-refractivity contribution in [3.8, 4) is 22.4 Å². The number of carboxylic acid groups (broad SMARTS) is 1. The van der Waals surface area contributed by atoms with Gasteiger partial charge >= 0.3 is 5.97 Å². The molecule has 8 heteroatoms. The van der Waals surface area contributed by atoms with Crippen molar-refractivity contribution in [2.24, 2.45) is 11.8 Å². The first-order valence-corrected chi connectivity index (χ1v) is 12.7. The number of halogens is 1. The molecule has 1 aromatic heterocycles. The highest BCUT2D eigenvalue weighted by Crippen LogP contribution is 2.41. The van der Waals surface area contributed by atoms with Gasteiger partial charge in [-0.25, -0.2) is 9.18 Å². The van der Waals surface area contributed by atoms with Gasteiger partial charge in [-0.1, -0.05) is 30.3 Å². The van der Waals surface area contributed by atoms with Crippen LogP contribution in [0.1, 0.15) is 25.7 Å². The molecule has 0 aliphatic heterocycles. The third kappa shape index (κ3) is 5.62. The standard InChI is InChI=1S/C26H30FN3O3S/c1-34-26-24(21-13-20(28)11-12-22(21)27)25(19-5-3-2-4-6-19)29-30(26)14-17-7-9-18(10-8-17)15-33-16-23(31)32/h2-6,11-13,17-18H,7-10,14-16,28H2,1H3,(H,31,32). The largest absolute Gasteiger partial charge is 0.480 e. The van der Waals surface area contributed by atoms with Gasteiger partial charge in [0.2, 0.25) is 0 Å². The topological polar surface area (TPSA) is 90.4 Å². The molecule has 0 saturated heterocycles. The lowest BCUT2D eigenvalue weighted by atomic mass is 9.82. The average Bonchev–Trinajstić information content (AvgIpc) is 3.20. The number of anilines is 1. The summed E-state index contributed by atoms with van der Waals surface area (Å²) in [5, 5.41) is 14.7. The van der Waals surface area contributed by atoms with Gasteiger partial charge in [0.1, 0.15) is 23.1 Å². The molecule has 6 nitrogen and oxygen atoms in total. The molecule has 0 atom stereocenters. The molecule has 4 rings (SSSR count). The Kier molecular flexibility index (Phi) is 7.90. The number of carboxylic acids is 1. The summed E-state index contributed by atoms with van der Waals surface area (Å²) in [6.45, 7) is 1.01. The molecular formula is C26H30FN3O3S. The van der Waals surface area contributed by atoms with Gasteiger partial charge in [-0.15, -0.1) is 11.8 Å². The third-order valence-corrected chi connectivity index (χ3v) is 7.18. The second kappa shape index (κ2) is 11.1. The summed E-state index contributed by atoms with van der Waals surface area (Å²) in [5.74, 6) is -0.407. The number of hydrogen-bond acceptors (Lipinski definition) is 5. The minimum absolute atomic E-state index is 0.240. The fourth-order valence-corrected chi connectivity index (χ4v) is 5.43. The number of ether oxygens (including phenoxy) is 1. The van der Waals surface area contributed by atoms with Crippen LogP contribution in [0.25, 0.3) is 22.4 Å². The van der Waals surface area contributed by atoms with Crippen molar-refractivity contribution in [1.29, 1.82) is 0 Å². The van der Waals surface area contributed by atoms with Crippen LogP contribution in [-0.2, 0) is 16.1 Å². The van der Waals surface area contributed by atoms with Crippen LogP contribution in [-0.4, -0.2) is 40.3 Å². The number of benzene rings is 2. The SMILES string of the molecule is CSc1c(-c2cc(N)ccc2F)c(-c2ccccc2)nn1CC1CCC(COCC(=O)O)CC1. The number of thioether (sulfide) groups is 1. The van der Waals surface area contributed by atoms with Crippen LogP contribution in [0.4, 0.5) is 10.1 Å². The Morgan fingerprint density at radius 1 is 1.18 bits per heavy atom. The molecule has 0 spiro atoms. The second-order valence-electron chi connectivity index (χ2n) is 8.82. The lowest BCUT2D eigenvalue weighted by Crippen LogP contribution is -2.23. The lowest BCUT2D eigenvalue weighted by Gasteiger charge is -2.28. The molecule has 1 fully saturated rings. The van der Waals surface area contributed by atoms with Crippen molar-refractivity contribution in [2.45, 2.75) is 37.3 Å². The van der Waals surface area contributed by atoms with Crippen LogP contribution in [0.5, 0.6) is 0 Å². The summed E-state index contributed by atoms with van der Waals surface area (Å²) in [6.07, 6.45) is 6.05. The zero-order valence-corrected chi connectivity index (χ0v) is 20.1. The predicted molar refractivity (Wildman–Crippen MR) is 133 cm³/mol. The molecule has 2 aromatic carbocycles. The third-order valence-electron chi connectivity index (χ3n) is 6.38. The number of nitrogens with two attached hydrogens (primary N) is 1. The maximum absolute atomic E-state index is 15.0. The van der Waals surface area contributed by atoms with Crippen LogP contribution >= 0.6 is 11.8 Å². The summed E-state index contributed by atoms with van der Waals surface area (Å²) >= 11 is 1.57. The van der Waals surface area contributed by atoms with E-state index in [1.165, 1.54) is 6.07 Å². The van der Waals surface area contributed by atoms with E-state index in [4.69, 9.17) is 20.7 Å². The van der Waals surface area contributed by atoms with Crippen LogP contribution in [0.3, 0.4) is 0 Å².